The monoisotopic (exact) mass is 457 g/mol. The number of thiazole rings is 1. The maximum atomic E-state index is 13.5. The van der Waals surface area contributed by atoms with Crippen LogP contribution in [0.4, 0.5) is 5.69 Å². The highest BCUT2D eigenvalue weighted by Crippen LogP contribution is 2.32. The smallest absolute Gasteiger partial charge is 0.271 e. The minimum atomic E-state index is -0.105. The normalized spacial score (nSPS) is 19.7. The van der Waals surface area contributed by atoms with Gasteiger partial charge in [0, 0.05) is 25.3 Å². The van der Waals surface area contributed by atoms with Crippen molar-refractivity contribution in [3.8, 4) is 0 Å². The fourth-order valence-corrected chi connectivity index (χ4v) is 6.51. The summed E-state index contributed by atoms with van der Waals surface area (Å²) in [6.07, 6.45) is 4.87. The summed E-state index contributed by atoms with van der Waals surface area (Å²) in [6.45, 7) is 7.87. The third-order valence-electron chi connectivity index (χ3n) is 5.18. The van der Waals surface area contributed by atoms with Crippen LogP contribution in [0.1, 0.15) is 32.8 Å². The van der Waals surface area contributed by atoms with Gasteiger partial charge in [-0.05, 0) is 38.0 Å². The summed E-state index contributed by atoms with van der Waals surface area (Å²) in [5.41, 5.74) is 3.06. The number of carbonyl (C=O) groups excluding carboxylic acids is 1. The van der Waals surface area contributed by atoms with E-state index in [4.69, 9.17) is 12.2 Å². The average Bonchev–Trinajstić information content (AvgIpc) is 3.22. The maximum Gasteiger partial charge on any atom is 0.271 e. The van der Waals surface area contributed by atoms with Gasteiger partial charge in [0.2, 0.25) is 0 Å². The van der Waals surface area contributed by atoms with Crippen molar-refractivity contribution in [3.05, 3.63) is 55.5 Å². The lowest BCUT2D eigenvalue weighted by molar-refractivity contribution is -0.120. The number of amides is 1. The van der Waals surface area contributed by atoms with E-state index in [-0.39, 0.29) is 11.5 Å². The van der Waals surface area contributed by atoms with Gasteiger partial charge in [0.1, 0.15) is 18.4 Å². The van der Waals surface area contributed by atoms with Crippen molar-refractivity contribution in [1.82, 2.24) is 9.47 Å². The van der Waals surface area contributed by atoms with E-state index in [1.165, 1.54) is 23.1 Å². The van der Waals surface area contributed by atoms with Crippen molar-refractivity contribution in [1.29, 1.82) is 0 Å². The summed E-state index contributed by atoms with van der Waals surface area (Å²) in [7, 11) is 0. The number of hydrogen-bond acceptors (Lipinski definition) is 6. The van der Waals surface area contributed by atoms with Crippen LogP contribution in [0.15, 0.2) is 35.1 Å². The maximum absolute atomic E-state index is 13.5. The molecule has 2 aliphatic rings. The fraction of sp³-hybridized carbons (Fsp3) is 0.318. The highest BCUT2D eigenvalue weighted by molar-refractivity contribution is 8.30. The second kappa shape index (κ2) is 8.53. The largest absolute Gasteiger partial charge is 0.340 e. The van der Waals surface area contributed by atoms with E-state index in [1.807, 2.05) is 32.1 Å². The molecule has 1 saturated heterocycles. The van der Waals surface area contributed by atoms with Gasteiger partial charge in [-0.25, -0.2) is 0 Å². The van der Waals surface area contributed by atoms with Crippen molar-refractivity contribution in [2.24, 2.45) is 0 Å². The Morgan fingerprint density at radius 1 is 1.00 bits per heavy atom. The first-order chi connectivity index (χ1) is 14.5. The van der Waals surface area contributed by atoms with Gasteiger partial charge in [-0.3, -0.25) is 19.1 Å². The summed E-state index contributed by atoms with van der Waals surface area (Å²) in [5, 5.41) is 0. The number of anilines is 1. The van der Waals surface area contributed by atoms with E-state index in [1.54, 1.807) is 9.47 Å². The van der Waals surface area contributed by atoms with E-state index in [0.717, 1.165) is 29.9 Å². The molecule has 0 aliphatic carbocycles. The van der Waals surface area contributed by atoms with Crippen molar-refractivity contribution in [3.63, 3.8) is 0 Å². The Labute approximate surface area is 189 Å². The molecule has 1 aromatic heterocycles. The number of benzene rings is 1. The van der Waals surface area contributed by atoms with Gasteiger partial charge in [0.05, 0.1) is 5.70 Å². The van der Waals surface area contributed by atoms with Crippen molar-refractivity contribution >= 4 is 67.9 Å². The molecule has 2 aromatic rings. The molecule has 0 atom stereocenters. The van der Waals surface area contributed by atoms with Crippen LogP contribution in [0.5, 0.6) is 0 Å². The predicted molar refractivity (Wildman–Crippen MR) is 131 cm³/mol. The second-order valence-electron chi connectivity index (χ2n) is 6.96. The third kappa shape index (κ3) is 3.36. The highest BCUT2D eigenvalue weighted by Gasteiger charge is 2.33. The van der Waals surface area contributed by atoms with Gasteiger partial charge in [0.25, 0.3) is 11.5 Å². The molecule has 5 nitrogen and oxygen atoms in total. The van der Waals surface area contributed by atoms with Gasteiger partial charge < -0.3 is 4.90 Å². The Morgan fingerprint density at radius 3 is 2.40 bits per heavy atom. The number of thiocarbonyl (C=S) groups is 1. The number of rotatable bonds is 4. The van der Waals surface area contributed by atoms with E-state index in [9.17, 15) is 9.59 Å². The van der Waals surface area contributed by atoms with E-state index < -0.39 is 0 Å². The van der Waals surface area contributed by atoms with Crippen LogP contribution in [0.2, 0.25) is 0 Å². The Bertz CT molecular complexity index is 1240. The number of hydrogen-bond donors (Lipinski definition) is 0. The number of aromatic nitrogens is 1. The molecule has 3 heterocycles. The van der Waals surface area contributed by atoms with Gasteiger partial charge >= 0.3 is 0 Å². The Hall–Kier alpha value is -2.16. The van der Waals surface area contributed by atoms with Crippen LogP contribution >= 0.6 is 35.3 Å². The molecule has 0 spiro atoms. The van der Waals surface area contributed by atoms with E-state index in [0.29, 0.717) is 31.5 Å². The summed E-state index contributed by atoms with van der Waals surface area (Å²) < 4.78 is 3.67. The Kier molecular flexibility index (Phi) is 5.99. The average molecular weight is 458 g/mol. The van der Waals surface area contributed by atoms with Gasteiger partial charge in [-0.15, -0.1) is 11.3 Å². The molecule has 0 unspecified atom stereocenters. The van der Waals surface area contributed by atoms with Gasteiger partial charge in [-0.1, -0.05) is 55.2 Å². The molecular weight excluding hydrogens is 434 g/mol. The number of para-hydroxylation sites is 1. The first kappa shape index (κ1) is 21.1. The highest BCUT2D eigenvalue weighted by atomic mass is 32.2. The van der Waals surface area contributed by atoms with Gasteiger partial charge in [0.15, 0.2) is 0 Å². The molecule has 1 fully saturated rings. The molecule has 30 heavy (non-hydrogen) atoms. The number of likely N-dealkylation sites (N-methyl/N-ethyl adjacent to an activating group) is 1. The first-order valence-corrected chi connectivity index (χ1v) is 12.1. The molecular formula is C22H23N3O2S3. The molecule has 0 radical (unpaired) electrons. The fourth-order valence-electron chi connectivity index (χ4n) is 3.77. The topological polar surface area (TPSA) is 45.6 Å². The van der Waals surface area contributed by atoms with Crippen molar-refractivity contribution < 1.29 is 4.79 Å². The molecule has 156 valence electrons. The minimum absolute atomic E-state index is 0.0453. The standard InChI is InChI=1S/C22H23N3O2S3/c1-4-13-25-19(26)17(29-21(25)18-20(27)24(6-3)22(28)30-18)16-12-11-14-9-7-8-10-15(14)23(16)5-2/h7-12H,4-6,13H2,1-3H3/b17-16+,21-18-. The van der Waals surface area contributed by atoms with Crippen molar-refractivity contribution in [2.75, 3.05) is 18.0 Å². The quantitative estimate of drug-likeness (QED) is 0.661. The SMILES string of the molecule is CCCn1c(=O)/c(=C2/C=Cc3ccccc3N2CC)s/c1=C1\SC(=S)N(CC)C1=O. The Balaban J connectivity index is 2.02. The zero-order chi connectivity index (χ0) is 21.4. The summed E-state index contributed by atoms with van der Waals surface area (Å²) in [4.78, 5) is 30.7. The summed E-state index contributed by atoms with van der Waals surface area (Å²) in [5.74, 6) is -0.105. The zero-order valence-corrected chi connectivity index (χ0v) is 19.6. The molecule has 1 amide bonds. The van der Waals surface area contributed by atoms with Crippen LogP contribution in [0.25, 0.3) is 16.7 Å². The van der Waals surface area contributed by atoms with E-state index >= 15 is 0 Å². The third-order valence-corrected chi connectivity index (χ3v) is 7.95. The predicted octanol–water partition coefficient (Wildman–Crippen LogP) is 2.97. The first-order valence-electron chi connectivity index (χ1n) is 10.1. The number of thioether (sulfide) groups is 1. The molecule has 0 N–H and O–H groups in total. The van der Waals surface area contributed by atoms with Gasteiger partial charge in [-0.2, -0.15) is 0 Å². The number of fused-ring (bicyclic) bond motifs is 1. The van der Waals surface area contributed by atoms with Crippen LogP contribution in [-0.2, 0) is 11.3 Å². The van der Waals surface area contributed by atoms with Crippen LogP contribution in [0, 0.1) is 0 Å². The summed E-state index contributed by atoms with van der Waals surface area (Å²) in [6, 6.07) is 8.17. The molecule has 8 heteroatoms. The minimum Gasteiger partial charge on any atom is -0.340 e. The van der Waals surface area contributed by atoms with Crippen LogP contribution < -0.4 is 19.7 Å². The number of carbonyl (C=O) groups is 1. The summed E-state index contributed by atoms with van der Waals surface area (Å²) >= 11 is 8.08. The van der Waals surface area contributed by atoms with E-state index in [2.05, 4.69) is 30.0 Å². The van der Waals surface area contributed by atoms with Crippen LogP contribution in [0.3, 0.4) is 0 Å². The Morgan fingerprint density at radius 2 is 1.73 bits per heavy atom. The zero-order valence-electron chi connectivity index (χ0n) is 17.2. The molecule has 4 rings (SSSR count). The second-order valence-corrected chi connectivity index (χ2v) is 9.60. The lowest BCUT2D eigenvalue weighted by atomic mass is 10.1. The number of nitrogens with zero attached hydrogens (tertiary/aromatic N) is 3. The lowest BCUT2D eigenvalue weighted by Crippen LogP contribution is -2.37. The molecule has 1 aromatic carbocycles. The van der Waals surface area contributed by atoms with Crippen molar-refractivity contribution in [2.45, 2.75) is 33.7 Å². The lowest BCUT2D eigenvalue weighted by Gasteiger charge is -2.28. The van der Waals surface area contributed by atoms with Crippen LogP contribution in [-0.4, -0.2) is 32.8 Å². The molecule has 0 bridgehead atoms. The molecule has 2 aliphatic heterocycles. The molecule has 0 saturated carbocycles.